The number of aromatic nitrogens is 2. The maximum atomic E-state index is 13.0. The van der Waals surface area contributed by atoms with Crippen molar-refractivity contribution in [1.29, 1.82) is 0 Å². The molecule has 0 saturated carbocycles. The van der Waals surface area contributed by atoms with Crippen LogP contribution in [0.5, 0.6) is 17.2 Å². The van der Waals surface area contributed by atoms with E-state index in [0.717, 1.165) is 5.56 Å². The van der Waals surface area contributed by atoms with Crippen molar-refractivity contribution in [2.45, 2.75) is 31.3 Å². The number of carbonyl (C=O) groups is 1. The Morgan fingerprint density at radius 1 is 1.03 bits per heavy atom. The normalized spacial score (nSPS) is 11.4. The monoisotopic (exact) mass is 488 g/mol. The van der Waals surface area contributed by atoms with E-state index in [1.54, 1.807) is 51.1 Å². The molecule has 3 rings (SSSR count). The van der Waals surface area contributed by atoms with Gasteiger partial charge in [0, 0.05) is 23.2 Å². The lowest BCUT2D eigenvalue weighted by atomic mass is 10.2. The van der Waals surface area contributed by atoms with Gasteiger partial charge in [-0.25, -0.2) is 17.8 Å². The first kappa shape index (κ1) is 25.1. The van der Waals surface area contributed by atoms with Gasteiger partial charge in [0.1, 0.15) is 16.5 Å². The topological polar surface area (TPSA) is 121 Å². The Hall–Kier alpha value is -3.57. The molecule has 2 aromatic carbocycles. The predicted molar refractivity (Wildman–Crippen MR) is 127 cm³/mol. The molecule has 0 aliphatic rings. The minimum absolute atomic E-state index is 0.119. The molecule has 0 atom stereocenters. The van der Waals surface area contributed by atoms with E-state index >= 15 is 0 Å². The van der Waals surface area contributed by atoms with Crippen LogP contribution in [0.3, 0.4) is 0 Å². The van der Waals surface area contributed by atoms with Crippen LogP contribution in [0.25, 0.3) is 0 Å². The molecule has 0 fully saturated rings. The Labute approximate surface area is 198 Å². The minimum atomic E-state index is -3.88. The molecule has 11 heteroatoms. The standard InChI is InChI=1S/C23H28N4O6S/c1-15(2)26-34(29,30)20-13-16(9-10-18(20)31-3)23(28)25-21-11-12-24-27(21)14-17-7-6-8-19(32-4)22(17)33-5/h6-13,15,26H,14H2,1-5H3,(H,25,28). The summed E-state index contributed by atoms with van der Waals surface area (Å²) in [5, 5.41) is 7.07. The van der Waals surface area contributed by atoms with E-state index in [-0.39, 0.29) is 22.3 Å². The van der Waals surface area contributed by atoms with Crippen molar-refractivity contribution in [3.63, 3.8) is 0 Å². The Kier molecular flexibility index (Phi) is 7.79. The van der Waals surface area contributed by atoms with Crippen molar-refractivity contribution < 1.29 is 27.4 Å². The SMILES string of the molecule is COc1ccc(C(=O)Nc2ccnn2Cc2cccc(OC)c2OC)cc1S(=O)(=O)NC(C)C. The molecule has 0 bridgehead atoms. The molecule has 0 aliphatic carbocycles. The highest BCUT2D eigenvalue weighted by Gasteiger charge is 2.23. The second-order valence-corrected chi connectivity index (χ2v) is 9.30. The number of rotatable bonds is 10. The lowest BCUT2D eigenvalue weighted by molar-refractivity contribution is 0.102. The molecular weight excluding hydrogens is 460 g/mol. The van der Waals surface area contributed by atoms with Crippen molar-refractivity contribution >= 4 is 21.7 Å². The van der Waals surface area contributed by atoms with Crippen LogP contribution in [-0.4, -0.2) is 51.5 Å². The number of hydrogen-bond donors (Lipinski definition) is 2. The number of sulfonamides is 1. The fraction of sp³-hybridized carbons (Fsp3) is 0.304. The quantitative estimate of drug-likeness (QED) is 0.450. The van der Waals surface area contributed by atoms with Crippen LogP contribution in [0.4, 0.5) is 5.82 Å². The smallest absolute Gasteiger partial charge is 0.256 e. The van der Waals surface area contributed by atoms with Crippen molar-refractivity contribution in [2.24, 2.45) is 0 Å². The fourth-order valence-corrected chi connectivity index (χ4v) is 4.84. The highest BCUT2D eigenvalue weighted by molar-refractivity contribution is 7.89. The Balaban J connectivity index is 1.88. The van der Waals surface area contributed by atoms with E-state index in [4.69, 9.17) is 14.2 Å². The molecule has 0 spiro atoms. The van der Waals surface area contributed by atoms with Gasteiger partial charge in [-0.2, -0.15) is 5.10 Å². The number of nitrogens with one attached hydrogen (secondary N) is 2. The molecule has 1 heterocycles. The summed E-state index contributed by atoms with van der Waals surface area (Å²) in [5.74, 6) is 1.22. The van der Waals surface area contributed by atoms with E-state index in [9.17, 15) is 13.2 Å². The van der Waals surface area contributed by atoms with Gasteiger partial charge < -0.3 is 19.5 Å². The highest BCUT2D eigenvalue weighted by atomic mass is 32.2. The summed E-state index contributed by atoms with van der Waals surface area (Å²) in [6, 6.07) is 11.0. The molecule has 34 heavy (non-hydrogen) atoms. The van der Waals surface area contributed by atoms with Crippen LogP contribution < -0.4 is 24.2 Å². The average molecular weight is 489 g/mol. The van der Waals surface area contributed by atoms with E-state index in [2.05, 4.69) is 15.1 Å². The van der Waals surface area contributed by atoms with Gasteiger partial charge >= 0.3 is 0 Å². The number of carbonyl (C=O) groups excluding carboxylic acids is 1. The van der Waals surface area contributed by atoms with Crippen LogP contribution >= 0.6 is 0 Å². The molecule has 0 aliphatic heterocycles. The molecule has 10 nitrogen and oxygen atoms in total. The fourth-order valence-electron chi connectivity index (χ4n) is 3.39. The third kappa shape index (κ3) is 5.49. The number of nitrogens with zero attached hydrogens (tertiary/aromatic N) is 2. The summed E-state index contributed by atoms with van der Waals surface area (Å²) in [6.07, 6.45) is 1.55. The summed E-state index contributed by atoms with van der Waals surface area (Å²) in [5.41, 5.74) is 0.954. The van der Waals surface area contributed by atoms with Gasteiger partial charge in [0.05, 0.1) is 34.1 Å². The molecule has 2 N–H and O–H groups in total. The zero-order valence-electron chi connectivity index (χ0n) is 19.7. The average Bonchev–Trinajstić information content (AvgIpc) is 3.23. The molecule has 0 unspecified atom stereocenters. The Bertz CT molecular complexity index is 1270. The van der Waals surface area contributed by atoms with Gasteiger partial charge in [0.2, 0.25) is 10.0 Å². The van der Waals surface area contributed by atoms with E-state index in [1.807, 2.05) is 12.1 Å². The first-order valence-electron chi connectivity index (χ1n) is 10.4. The van der Waals surface area contributed by atoms with Gasteiger partial charge in [-0.15, -0.1) is 0 Å². The summed E-state index contributed by atoms with van der Waals surface area (Å²) < 4.78 is 45.6. The van der Waals surface area contributed by atoms with Gasteiger partial charge in [-0.1, -0.05) is 12.1 Å². The maximum Gasteiger partial charge on any atom is 0.256 e. The maximum absolute atomic E-state index is 13.0. The largest absolute Gasteiger partial charge is 0.495 e. The molecule has 3 aromatic rings. The molecule has 1 amide bonds. The number of benzene rings is 2. The second kappa shape index (κ2) is 10.6. The summed E-state index contributed by atoms with van der Waals surface area (Å²) in [4.78, 5) is 12.9. The zero-order valence-corrected chi connectivity index (χ0v) is 20.5. The van der Waals surface area contributed by atoms with Crippen molar-refractivity contribution in [3.05, 3.63) is 59.8 Å². The molecule has 0 saturated heterocycles. The Morgan fingerprint density at radius 3 is 2.41 bits per heavy atom. The summed E-state index contributed by atoms with van der Waals surface area (Å²) in [6.45, 7) is 3.72. The highest BCUT2D eigenvalue weighted by Crippen LogP contribution is 2.31. The lowest BCUT2D eigenvalue weighted by Gasteiger charge is -2.15. The first-order chi connectivity index (χ1) is 16.2. The summed E-state index contributed by atoms with van der Waals surface area (Å²) in [7, 11) is 0.597. The first-order valence-corrected chi connectivity index (χ1v) is 11.9. The number of ether oxygens (including phenoxy) is 3. The number of para-hydroxylation sites is 1. The molecule has 182 valence electrons. The Morgan fingerprint density at radius 2 is 1.76 bits per heavy atom. The molecule has 0 radical (unpaired) electrons. The van der Waals surface area contributed by atoms with Crippen LogP contribution in [0.1, 0.15) is 29.8 Å². The van der Waals surface area contributed by atoms with Gasteiger partial charge in [-0.05, 0) is 38.1 Å². The zero-order chi connectivity index (χ0) is 24.9. The van der Waals surface area contributed by atoms with Gasteiger partial charge in [0.15, 0.2) is 11.5 Å². The van der Waals surface area contributed by atoms with Crippen molar-refractivity contribution in [2.75, 3.05) is 26.6 Å². The van der Waals surface area contributed by atoms with E-state index in [0.29, 0.717) is 23.9 Å². The number of methoxy groups -OCH3 is 3. The third-order valence-electron chi connectivity index (χ3n) is 4.87. The number of anilines is 1. The predicted octanol–water partition coefficient (Wildman–Crippen LogP) is 2.90. The van der Waals surface area contributed by atoms with Crippen LogP contribution in [0.15, 0.2) is 53.6 Å². The minimum Gasteiger partial charge on any atom is -0.495 e. The third-order valence-corrected chi connectivity index (χ3v) is 6.55. The van der Waals surface area contributed by atoms with Crippen molar-refractivity contribution in [1.82, 2.24) is 14.5 Å². The van der Waals surface area contributed by atoms with Crippen molar-refractivity contribution in [3.8, 4) is 17.2 Å². The van der Waals surface area contributed by atoms with E-state index in [1.165, 1.54) is 25.3 Å². The number of hydrogen-bond acceptors (Lipinski definition) is 7. The van der Waals surface area contributed by atoms with Crippen LogP contribution in [0.2, 0.25) is 0 Å². The molecule has 1 aromatic heterocycles. The summed E-state index contributed by atoms with van der Waals surface area (Å²) >= 11 is 0. The second-order valence-electron chi connectivity index (χ2n) is 7.62. The molecular formula is C23H28N4O6S. The van der Waals surface area contributed by atoms with Crippen LogP contribution in [0, 0.1) is 0 Å². The van der Waals surface area contributed by atoms with Gasteiger partial charge in [0.25, 0.3) is 5.91 Å². The lowest BCUT2D eigenvalue weighted by Crippen LogP contribution is -2.30. The van der Waals surface area contributed by atoms with E-state index < -0.39 is 15.9 Å². The van der Waals surface area contributed by atoms with Crippen LogP contribution in [-0.2, 0) is 16.6 Å². The number of amides is 1. The van der Waals surface area contributed by atoms with Gasteiger partial charge in [-0.3, -0.25) is 4.79 Å².